The van der Waals surface area contributed by atoms with E-state index in [1.165, 1.54) is 59.4 Å². The number of anilines is 2. The van der Waals surface area contributed by atoms with E-state index in [2.05, 4.69) is 86.3 Å². The van der Waals surface area contributed by atoms with Crippen LogP contribution in [-0.2, 0) is 6.54 Å². The van der Waals surface area contributed by atoms with Crippen molar-refractivity contribution in [3.63, 3.8) is 0 Å². The minimum Gasteiger partial charge on any atom is -0.393 e. The number of piperazine rings is 1. The van der Waals surface area contributed by atoms with Crippen LogP contribution in [0.1, 0.15) is 32.6 Å². The largest absolute Gasteiger partial charge is 0.393 e. The number of rotatable bonds is 11. The highest BCUT2D eigenvalue weighted by Crippen LogP contribution is 2.38. The minimum absolute atomic E-state index is 0.135. The number of hydrogen-bond donors (Lipinski definition) is 3. The Morgan fingerprint density at radius 1 is 0.854 bits per heavy atom. The van der Waals surface area contributed by atoms with Gasteiger partial charge in [-0.05, 0) is 63.5 Å². The maximum atomic E-state index is 9.90. The summed E-state index contributed by atoms with van der Waals surface area (Å²) in [5, 5.41) is 19.9. The average Bonchev–Trinajstić information content (AvgIpc) is 3.29. The molecule has 0 radical (unpaired) electrons. The zero-order valence-electron chi connectivity index (χ0n) is 24.9. The van der Waals surface area contributed by atoms with Gasteiger partial charge in [-0.3, -0.25) is 0 Å². The molecule has 41 heavy (non-hydrogen) atoms. The van der Waals surface area contributed by atoms with Crippen molar-refractivity contribution < 1.29 is 5.11 Å². The number of para-hydroxylation sites is 1. The number of nitrogens with zero attached hydrogens (tertiary/aromatic N) is 5. The van der Waals surface area contributed by atoms with Gasteiger partial charge in [0.15, 0.2) is 0 Å². The summed E-state index contributed by atoms with van der Waals surface area (Å²) in [5.74, 6) is 0. The monoisotopic (exact) mass is 557 g/mol. The van der Waals surface area contributed by atoms with Crippen LogP contribution in [0.25, 0.3) is 32.8 Å². The van der Waals surface area contributed by atoms with Crippen LogP contribution in [0.3, 0.4) is 0 Å². The van der Waals surface area contributed by atoms with Crippen molar-refractivity contribution in [1.82, 2.24) is 24.3 Å². The van der Waals surface area contributed by atoms with Gasteiger partial charge in [0, 0.05) is 81.9 Å². The fourth-order valence-electron chi connectivity index (χ4n) is 6.57. The smallest absolute Gasteiger partial charge is 0.0989 e. The van der Waals surface area contributed by atoms with Gasteiger partial charge in [0.1, 0.15) is 0 Å². The first-order valence-corrected chi connectivity index (χ1v) is 15.7. The number of likely N-dealkylation sites (tertiary alicyclic amines) is 1. The lowest BCUT2D eigenvalue weighted by Crippen LogP contribution is -2.44. The number of aliphatic hydroxyl groups excluding tert-OH is 1. The van der Waals surface area contributed by atoms with Crippen molar-refractivity contribution in [1.29, 1.82) is 0 Å². The van der Waals surface area contributed by atoms with Crippen LogP contribution >= 0.6 is 0 Å². The van der Waals surface area contributed by atoms with E-state index in [0.29, 0.717) is 0 Å². The second-order valence-electron chi connectivity index (χ2n) is 12.0. The normalized spacial score (nSPS) is 18.1. The Hall–Kier alpha value is -2.91. The fraction of sp³-hybridized carbons (Fsp3) is 0.545. The van der Waals surface area contributed by atoms with Crippen LogP contribution in [0, 0.1) is 0 Å². The van der Waals surface area contributed by atoms with Crippen molar-refractivity contribution in [3.8, 4) is 0 Å². The molecule has 4 aromatic rings. The molecule has 2 aliphatic heterocycles. The molecule has 2 aromatic carbocycles. The molecule has 220 valence electrons. The van der Waals surface area contributed by atoms with Crippen molar-refractivity contribution in [2.45, 2.75) is 45.3 Å². The highest BCUT2D eigenvalue weighted by molar-refractivity contribution is 6.16. The lowest BCUT2D eigenvalue weighted by Gasteiger charge is -2.32. The first-order chi connectivity index (χ1) is 20.1. The molecule has 2 aliphatic rings. The number of aromatic nitrogens is 2. The summed E-state index contributed by atoms with van der Waals surface area (Å²) in [5.41, 5.74) is 6.93. The van der Waals surface area contributed by atoms with Crippen molar-refractivity contribution in [2.24, 2.45) is 0 Å². The van der Waals surface area contributed by atoms with Crippen molar-refractivity contribution in [3.05, 3.63) is 42.5 Å². The van der Waals surface area contributed by atoms with Crippen LogP contribution in [0.2, 0.25) is 0 Å². The molecule has 2 aromatic heterocycles. The molecule has 0 unspecified atom stereocenters. The van der Waals surface area contributed by atoms with Gasteiger partial charge in [0.2, 0.25) is 0 Å². The molecule has 8 heteroatoms. The van der Waals surface area contributed by atoms with Gasteiger partial charge in [-0.2, -0.15) is 0 Å². The van der Waals surface area contributed by atoms with Gasteiger partial charge in [0.05, 0.1) is 33.9 Å². The molecular weight excluding hydrogens is 510 g/mol. The number of aryl methyl sites for hydroxylation is 1. The van der Waals surface area contributed by atoms with E-state index < -0.39 is 0 Å². The second-order valence-corrected chi connectivity index (χ2v) is 12.0. The van der Waals surface area contributed by atoms with Crippen LogP contribution in [0.15, 0.2) is 42.5 Å². The predicted molar refractivity (Wildman–Crippen MR) is 172 cm³/mol. The summed E-state index contributed by atoms with van der Waals surface area (Å²) in [6, 6.07) is 15.4. The van der Waals surface area contributed by atoms with Crippen molar-refractivity contribution >= 4 is 44.2 Å². The van der Waals surface area contributed by atoms with Gasteiger partial charge < -0.3 is 35.0 Å². The predicted octanol–water partition coefficient (Wildman–Crippen LogP) is 4.67. The third kappa shape index (κ3) is 6.31. The van der Waals surface area contributed by atoms with Crippen LogP contribution < -0.4 is 10.6 Å². The molecule has 0 spiro atoms. The van der Waals surface area contributed by atoms with Crippen molar-refractivity contribution in [2.75, 3.05) is 83.1 Å². The van der Waals surface area contributed by atoms with Gasteiger partial charge in [-0.1, -0.05) is 25.1 Å². The molecule has 0 saturated carbocycles. The molecule has 3 N–H and O–H groups in total. The summed E-state index contributed by atoms with van der Waals surface area (Å²) in [6.07, 6.45) is 3.82. The minimum atomic E-state index is -0.135. The van der Waals surface area contributed by atoms with Crippen LogP contribution in [0.4, 0.5) is 11.4 Å². The number of benzene rings is 2. The molecule has 0 bridgehead atoms. The lowest BCUT2D eigenvalue weighted by atomic mass is 10.1. The summed E-state index contributed by atoms with van der Waals surface area (Å²) in [4.78, 5) is 12.7. The molecule has 2 fully saturated rings. The number of pyridine rings is 1. The molecule has 0 amide bonds. The maximum Gasteiger partial charge on any atom is 0.0989 e. The Bertz CT molecular complexity index is 1450. The first kappa shape index (κ1) is 28.2. The van der Waals surface area contributed by atoms with E-state index in [0.717, 1.165) is 82.5 Å². The first-order valence-electron chi connectivity index (χ1n) is 15.7. The number of likely N-dealkylation sites (N-methyl/N-ethyl adjacent to an activating group) is 1. The number of aliphatic hydroxyl groups is 1. The third-order valence-electron chi connectivity index (χ3n) is 8.99. The van der Waals surface area contributed by atoms with Gasteiger partial charge in [-0.15, -0.1) is 0 Å². The summed E-state index contributed by atoms with van der Waals surface area (Å²) in [7, 11) is 2.21. The molecule has 0 aliphatic carbocycles. The molecular formula is C33H47N7O. The Morgan fingerprint density at radius 3 is 2.44 bits per heavy atom. The highest BCUT2D eigenvalue weighted by atomic mass is 16.3. The van der Waals surface area contributed by atoms with E-state index >= 15 is 0 Å². The van der Waals surface area contributed by atoms with Gasteiger partial charge >= 0.3 is 0 Å². The Balaban J connectivity index is 1.26. The van der Waals surface area contributed by atoms with Crippen LogP contribution in [-0.4, -0.2) is 108 Å². The highest BCUT2D eigenvalue weighted by Gasteiger charge is 2.20. The average molecular weight is 558 g/mol. The molecule has 4 heterocycles. The van der Waals surface area contributed by atoms with E-state index in [4.69, 9.17) is 4.98 Å². The van der Waals surface area contributed by atoms with Gasteiger partial charge in [0.25, 0.3) is 0 Å². The van der Waals surface area contributed by atoms with Gasteiger partial charge in [-0.25, -0.2) is 4.98 Å². The van der Waals surface area contributed by atoms with E-state index in [9.17, 15) is 5.11 Å². The molecule has 0 atom stereocenters. The SMILES string of the molecule is CCCn1c2ccc(NCCCN3CCN(C)CC3)cc2c2nc3ccccc3c(NCCN3CCC(O)CC3)c21. The number of fused-ring (bicyclic) bond motifs is 4. The fourth-order valence-corrected chi connectivity index (χ4v) is 6.57. The summed E-state index contributed by atoms with van der Waals surface area (Å²) < 4.78 is 2.47. The Labute approximate surface area is 244 Å². The van der Waals surface area contributed by atoms with Crippen LogP contribution in [0.5, 0.6) is 0 Å². The second kappa shape index (κ2) is 12.9. The number of piperidine rings is 1. The van der Waals surface area contributed by atoms with E-state index in [1.807, 2.05) is 0 Å². The topological polar surface area (TPSA) is 71.8 Å². The van der Waals surface area contributed by atoms with E-state index in [-0.39, 0.29) is 6.10 Å². The molecule has 6 rings (SSSR count). The molecule has 2 saturated heterocycles. The number of nitrogens with one attached hydrogen (secondary N) is 2. The molecule has 8 nitrogen and oxygen atoms in total. The Kier molecular flexibility index (Phi) is 8.91. The zero-order chi connectivity index (χ0) is 28.2. The standard InChI is InChI=1S/C33H47N7O/c1-3-15-40-30-10-9-25(34-13-6-16-38-22-20-37(2)21-23-38)24-28(30)32-33(40)31(27-7-4-5-8-29(27)36-32)35-14-19-39-17-11-26(41)12-18-39/h4-5,7-10,24,26,34,41H,3,6,11-23H2,1-2H3,(H,35,36). The van der Waals surface area contributed by atoms with E-state index in [1.54, 1.807) is 0 Å². The zero-order valence-corrected chi connectivity index (χ0v) is 24.9. The third-order valence-corrected chi connectivity index (χ3v) is 8.99. The lowest BCUT2D eigenvalue weighted by molar-refractivity contribution is 0.0846. The summed E-state index contributed by atoms with van der Waals surface area (Å²) >= 11 is 0. The maximum absolute atomic E-state index is 9.90. The number of hydrogen-bond acceptors (Lipinski definition) is 7. The quantitative estimate of drug-likeness (QED) is 0.232. The Morgan fingerprint density at radius 2 is 1.63 bits per heavy atom. The summed E-state index contributed by atoms with van der Waals surface area (Å²) in [6.45, 7) is 13.8.